The Morgan fingerprint density at radius 3 is 2.81 bits per heavy atom. The van der Waals surface area contributed by atoms with E-state index in [1.165, 1.54) is 6.07 Å². The number of aryl methyl sites for hydroxylation is 1. The van der Waals surface area contributed by atoms with E-state index in [4.69, 9.17) is 9.84 Å². The van der Waals surface area contributed by atoms with E-state index in [1.807, 2.05) is 0 Å². The van der Waals surface area contributed by atoms with Crippen molar-refractivity contribution in [2.24, 2.45) is 0 Å². The van der Waals surface area contributed by atoms with E-state index in [1.54, 1.807) is 31.0 Å². The van der Waals surface area contributed by atoms with E-state index in [2.05, 4.69) is 5.32 Å². The van der Waals surface area contributed by atoms with Gasteiger partial charge < -0.3 is 20.1 Å². The second-order valence-electron chi connectivity index (χ2n) is 5.28. The maximum atomic E-state index is 12.1. The monoisotopic (exact) mass is 292 g/mol. The summed E-state index contributed by atoms with van der Waals surface area (Å²) < 4.78 is 5.50. The number of carbonyl (C=O) groups excluding carboxylic acids is 1. The molecule has 1 aromatic carbocycles. The SMILES string of the molecule is Cc1cc(NC(=O)N(C)CC2CCCO2)ccc1C(=O)O. The molecule has 2 rings (SSSR count). The van der Waals surface area contributed by atoms with Gasteiger partial charge in [0.25, 0.3) is 0 Å². The number of nitrogens with zero attached hydrogens (tertiary/aromatic N) is 1. The van der Waals surface area contributed by atoms with Gasteiger partial charge in [0.1, 0.15) is 0 Å². The highest BCUT2D eigenvalue weighted by Crippen LogP contribution is 2.17. The molecule has 1 aliphatic rings. The van der Waals surface area contributed by atoms with Crippen molar-refractivity contribution in [1.82, 2.24) is 4.90 Å². The fraction of sp³-hybridized carbons (Fsp3) is 0.467. The molecule has 1 unspecified atom stereocenters. The van der Waals surface area contributed by atoms with Crippen molar-refractivity contribution in [3.63, 3.8) is 0 Å². The first-order valence-electron chi connectivity index (χ1n) is 6.95. The summed E-state index contributed by atoms with van der Waals surface area (Å²) in [6, 6.07) is 4.51. The number of carbonyl (C=O) groups is 2. The fourth-order valence-electron chi connectivity index (χ4n) is 2.38. The second kappa shape index (κ2) is 6.58. The highest BCUT2D eigenvalue weighted by atomic mass is 16.5. The number of hydrogen-bond acceptors (Lipinski definition) is 3. The Morgan fingerprint density at radius 2 is 2.24 bits per heavy atom. The third-order valence-electron chi connectivity index (χ3n) is 3.56. The zero-order chi connectivity index (χ0) is 15.4. The maximum Gasteiger partial charge on any atom is 0.335 e. The molecular formula is C15H20N2O4. The zero-order valence-corrected chi connectivity index (χ0v) is 12.3. The fourth-order valence-corrected chi connectivity index (χ4v) is 2.38. The molecule has 6 heteroatoms. The molecule has 1 heterocycles. The molecular weight excluding hydrogens is 272 g/mol. The van der Waals surface area contributed by atoms with Gasteiger partial charge in [0, 0.05) is 25.9 Å². The number of amides is 2. The number of nitrogens with one attached hydrogen (secondary N) is 1. The van der Waals surface area contributed by atoms with Gasteiger partial charge >= 0.3 is 12.0 Å². The highest BCUT2D eigenvalue weighted by molar-refractivity contribution is 5.92. The van der Waals surface area contributed by atoms with Crippen molar-refractivity contribution in [3.8, 4) is 0 Å². The molecule has 0 spiro atoms. The molecule has 6 nitrogen and oxygen atoms in total. The van der Waals surface area contributed by atoms with Crippen LogP contribution in [0.25, 0.3) is 0 Å². The van der Waals surface area contributed by atoms with Crippen LogP contribution in [0.3, 0.4) is 0 Å². The summed E-state index contributed by atoms with van der Waals surface area (Å²) >= 11 is 0. The number of rotatable bonds is 4. The number of benzene rings is 1. The Labute approximate surface area is 123 Å². The van der Waals surface area contributed by atoms with E-state index in [9.17, 15) is 9.59 Å². The molecule has 1 fully saturated rings. The van der Waals surface area contributed by atoms with Crippen LogP contribution < -0.4 is 5.32 Å². The normalized spacial score (nSPS) is 17.5. The van der Waals surface area contributed by atoms with E-state index >= 15 is 0 Å². The summed E-state index contributed by atoms with van der Waals surface area (Å²) in [5.41, 5.74) is 1.43. The average Bonchev–Trinajstić information content (AvgIpc) is 2.91. The minimum Gasteiger partial charge on any atom is -0.478 e. The first kappa shape index (κ1) is 15.3. The molecule has 1 saturated heterocycles. The van der Waals surface area contributed by atoms with Crippen LogP contribution in [-0.2, 0) is 4.74 Å². The molecule has 0 saturated carbocycles. The van der Waals surface area contributed by atoms with Crippen LogP contribution in [0.4, 0.5) is 10.5 Å². The van der Waals surface area contributed by atoms with Crippen molar-refractivity contribution < 1.29 is 19.4 Å². The smallest absolute Gasteiger partial charge is 0.335 e. The summed E-state index contributed by atoms with van der Waals surface area (Å²) in [6.45, 7) is 3.02. The third-order valence-corrected chi connectivity index (χ3v) is 3.56. The molecule has 2 N–H and O–H groups in total. The van der Waals surface area contributed by atoms with Gasteiger partial charge in [0.15, 0.2) is 0 Å². The van der Waals surface area contributed by atoms with Crippen LogP contribution in [0, 0.1) is 6.92 Å². The number of hydrogen-bond donors (Lipinski definition) is 2. The van der Waals surface area contributed by atoms with Crippen LogP contribution in [0.2, 0.25) is 0 Å². The van der Waals surface area contributed by atoms with Gasteiger partial charge in [0.05, 0.1) is 11.7 Å². The zero-order valence-electron chi connectivity index (χ0n) is 12.3. The van der Waals surface area contributed by atoms with Crippen LogP contribution in [0.5, 0.6) is 0 Å². The Morgan fingerprint density at radius 1 is 1.48 bits per heavy atom. The topological polar surface area (TPSA) is 78.9 Å². The number of urea groups is 1. The number of aromatic carboxylic acids is 1. The van der Waals surface area contributed by atoms with Gasteiger partial charge in [-0.3, -0.25) is 0 Å². The molecule has 1 aliphatic heterocycles. The lowest BCUT2D eigenvalue weighted by Gasteiger charge is -2.21. The Kier molecular flexibility index (Phi) is 4.80. The molecule has 1 aromatic rings. The quantitative estimate of drug-likeness (QED) is 0.892. The lowest BCUT2D eigenvalue weighted by Crippen LogP contribution is -2.37. The van der Waals surface area contributed by atoms with Crippen molar-refractivity contribution >= 4 is 17.7 Å². The van der Waals surface area contributed by atoms with Gasteiger partial charge in [-0.2, -0.15) is 0 Å². The Bertz CT molecular complexity index is 538. The number of carboxylic acids is 1. The van der Waals surface area contributed by atoms with Crippen LogP contribution in [-0.4, -0.2) is 48.3 Å². The van der Waals surface area contributed by atoms with Crippen LogP contribution >= 0.6 is 0 Å². The summed E-state index contributed by atoms with van der Waals surface area (Å²) in [7, 11) is 1.72. The first-order valence-corrected chi connectivity index (χ1v) is 6.95. The second-order valence-corrected chi connectivity index (χ2v) is 5.28. The van der Waals surface area contributed by atoms with Crippen LogP contribution in [0.15, 0.2) is 18.2 Å². The average molecular weight is 292 g/mol. The van der Waals surface area contributed by atoms with Gasteiger partial charge in [-0.25, -0.2) is 9.59 Å². The van der Waals surface area contributed by atoms with Crippen molar-refractivity contribution in [1.29, 1.82) is 0 Å². The number of likely N-dealkylation sites (N-methyl/N-ethyl adjacent to an activating group) is 1. The van der Waals surface area contributed by atoms with Crippen molar-refractivity contribution in [3.05, 3.63) is 29.3 Å². The van der Waals surface area contributed by atoms with E-state index in [0.29, 0.717) is 17.8 Å². The molecule has 0 aromatic heterocycles. The summed E-state index contributed by atoms with van der Waals surface area (Å²) in [4.78, 5) is 24.6. The lowest BCUT2D eigenvalue weighted by molar-refractivity contribution is 0.0696. The van der Waals surface area contributed by atoms with Gasteiger partial charge in [-0.15, -0.1) is 0 Å². The van der Waals surface area contributed by atoms with Crippen LogP contribution in [0.1, 0.15) is 28.8 Å². The molecule has 0 aliphatic carbocycles. The van der Waals surface area contributed by atoms with Gasteiger partial charge in [0.2, 0.25) is 0 Å². The summed E-state index contributed by atoms with van der Waals surface area (Å²) in [5, 5.41) is 11.7. The molecule has 2 amide bonds. The molecule has 0 bridgehead atoms. The van der Waals surface area contributed by atoms with Crippen molar-refractivity contribution in [2.45, 2.75) is 25.9 Å². The lowest BCUT2D eigenvalue weighted by atomic mass is 10.1. The van der Waals surface area contributed by atoms with Crippen molar-refractivity contribution in [2.75, 3.05) is 25.5 Å². The minimum atomic E-state index is -0.971. The molecule has 114 valence electrons. The Hall–Kier alpha value is -2.08. The predicted molar refractivity (Wildman–Crippen MR) is 78.8 cm³/mol. The van der Waals surface area contributed by atoms with E-state index in [0.717, 1.165) is 19.4 Å². The third kappa shape index (κ3) is 3.95. The minimum absolute atomic E-state index is 0.108. The largest absolute Gasteiger partial charge is 0.478 e. The number of ether oxygens (including phenoxy) is 1. The predicted octanol–water partition coefficient (Wildman–Crippen LogP) is 2.34. The Balaban J connectivity index is 1.95. The first-order chi connectivity index (χ1) is 9.97. The number of carboxylic acid groups (broad SMARTS) is 1. The van der Waals surface area contributed by atoms with E-state index in [-0.39, 0.29) is 17.7 Å². The summed E-state index contributed by atoms with van der Waals surface area (Å²) in [5.74, 6) is -0.971. The van der Waals surface area contributed by atoms with Gasteiger partial charge in [-0.05, 0) is 43.5 Å². The van der Waals surface area contributed by atoms with Gasteiger partial charge in [-0.1, -0.05) is 0 Å². The highest BCUT2D eigenvalue weighted by Gasteiger charge is 2.20. The standard InChI is InChI=1S/C15H20N2O4/c1-10-8-11(5-6-13(10)14(18)19)16-15(20)17(2)9-12-4-3-7-21-12/h5-6,8,12H,3-4,7,9H2,1-2H3,(H,16,20)(H,18,19). The maximum absolute atomic E-state index is 12.1. The number of anilines is 1. The van der Waals surface area contributed by atoms with E-state index < -0.39 is 5.97 Å². The molecule has 1 atom stereocenters. The molecule has 0 radical (unpaired) electrons. The molecule has 21 heavy (non-hydrogen) atoms. The summed E-state index contributed by atoms with van der Waals surface area (Å²) in [6.07, 6.45) is 2.12.